The molecule has 0 spiro atoms. The lowest BCUT2D eigenvalue weighted by Gasteiger charge is -2.26. The number of anilines is 1. The normalized spacial score (nSPS) is 14.2. The second-order valence-electron chi connectivity index (χ2n) is 9.21. The highest BCUT2D eigenvalue weighted by Gasteiger charge is 2.32. The van der Waals surface area contributed by atoms with Crippen LogP contribution in [0.3, 0.4) is 0 Å². The van der Waals surface area contributed by atoms with Gasteiger partial charge in [-0.3, -0.25) is 4.79 Å². The van der Waals surface area contributed by atoms with Gasteiger partial charge in [0.15, 0.2) is 0 Å². The first-order chi connectivity index (χ1) is 16.0. The van der Waals surface area contributed by atoms with Gasteiger partial charge in [-0.25, -0.2) is 4.98 Å². The Hall–Kier alpha value is -3.40. The van der Waals surface area contributed by atoms with Gasteiger partial charge in [0.1, 0.15) is 5.82 Å². The quantitative estimate of drug-likeness (QED) is 0.471. The number of hydrogen-bond acceptors (Lipinski definition) is 5. The summed E-state index contributed by atoms with van der Waals surface area (Å²) in [5, 5.41) is 19.1. The molecule has 2 heterocycles. The maximum absolute atomic E-state index is 13.2. The molecule has 0 saturated heterocycles. The van der Waals surface area contributed by atoms with Crippen LogP contribution in [0.5, 0.6) is 0 Å². The van der Waals surface area contributed by atoms with Crippen molar-refractivity contribution < 1.29 is 23.1 Å². The molecule has 1 aliphatic carbocycles. The molecule has 4 rings (SSSR count). The maximum atomic E-state index is 13.2. The van der Waals surface area contributed by atoms with Crippen LogP contribution in [0.4, 0.5) is 19.0 Å². The molecular formula is C24H26F3N5O2. The Morgan fingerprint density at radius 1 is 1.15 bits per heavy atom. The van der Waals surface area contributed by atoms with Crippen LogP contribution in [-0.2, 0) is 6.30 Å². The van der Waals surface area contributed by atoms with Crippen LogP contribution in [0.2, 0.25) is 0 Å². The van der Waals surface area contributed by atoms with Gasteiger partial charge in [-0.15, -0.1) is 13.2 Å². The lowest BCUT2D eigenvalue weighted by Crippen LogP contribution is -2.35. The zero-order valence-electron chi connectivity index (χ0n) is 19.1. The second-order valence-corrected chi connectivity index (χ2v) is 9.21. The molecule has 1 aliphatic rings. The fourth-order valence-corrected chi connectivity index (χ4v) is 3.46. The van der Waals surface area contributed by atoms with Gasteiger partial charge in [0, 0.05) is 40.7 Å². The summed E-state index contributed by atoms with van der Waals surface area (Å²) in [6, 6.07) is 7.27. The van der Waals surface area contributed by atoms with Crippen molar-refractivity contribution in [3.05, 3.63) is 54.0 Å². The number of pyridine rings is 1. The summed E-state index contributed by atoms with van der Waals surface area (Å²) in [7, 11) is 0. The van der Waals surface area contributed by atoms with E-state index in [2.05, 4.69) is 20.7 Å². The Bertz CT molecular complexity index is 1220. The van der Waals surface area contributed by atoms with Crippen molar-refractivity contribution in [2.75, 3.05) is 11.9 Å². The number of nitrogens with one attached hydrogen (secondary N) is 2. The minimum atomic E-state index is -4.65. The molecule has 1 fully saturated rings. The second kappa shape index (κ2) is 8.75. The summed E-state index contributed by atoms with van der Waals surface area (Å²) < 4.78 is 39.4. The minimum Gasteiger partial charge on any atom is -0.394 e. The molecule has 0 unspecified atom stereocenters. The highest BCUT2D eigenvalue weighted by atomic mass is 19.4. The molecular weight excluding hydrogens is 447 g/mol. The number of halogens is 3. The van der Waals surface area contributed by atoms with E-state index >= 15 is 0 Å². The number of amides is 1. The van der Waals surface area contributed by atoms with Crippen LogP contribution in [0.25, 0.3) is 22.3 Å². The van der Waals surface area contributed by atoms with E-state index in [1.807, 2.05) is 13.0 Å². The number of nitrogens with zero attached hydrogens (tertiary/aromatic N) is 3. The third kappa shape index (κ3) is 5.22. The van der Waals surface area contributed by atoms with E-state index in [1.54, 1.807) is 38.2 Å². The summed E-state index contributed by atoms with van der Waals surface area (Å²) in [5.41, 5.74) is 2.61. The van der Waals surface area contributed by atoms with Crippen LogP contribution in [-0.4, -0.2) is 44.0 Å². The average Bonchev–Trinajstić information content (AvgIpc) is 3.44. The van der Waals surface area contributed by atoms with E-state index < -0.39 is 11.8 Å². The standard InChI is InChI=1S/C24H26F3N5O2/c1-14-4-5-15(22(34)30-18-6-7-18)8-19(14)16-9-20(17-11-29-32(12-17)24(25,26)27)21(28-10-16)31-23(2,3)13-33/h4-5,8-12,18,33H,6-7,13H2,1-3H3,(H,28,31)(H,30,34). The van der Waals surface area contributed by atoms with Crippen molar-refractivity contribution in [1.82, 2.24) is 20.1 Å². The minimum absolute atomic E-state index is 0.0654. The van der Waals surface area contributed by atoms with Crippen LogP contribution < -0.4 is 10.6 Å². The number of alkyl halides is 3. The number of rotatable bonds is 7. The highest BCUT2D eigenvalue weighted by Crippen LogP contribution is 2.35. The van der Waals surface area contributed by atoms with Crippen molar-refractivity contribution in [3.8, 4) is 22.3 Å². The Morgan fingerprint density at radius 2 is 1.88 bits per heavy atom. The van der Waals surface area contributed by atoms with Crippen molar-refractivity contribution >= 4 is 11.7 Å². The Kier molecular flexibility index (Phi) is 6.11. The zero-order valence-corrected chi connectivity index (χ0v) is 19.1. The number of aliphatic hydroxyl groups excluding tert-OH is 1. The average molecular weight is 473 g/mol. The molecule has 0 radical (unpaired) electrons. The molecule has 1 amide bonds. The summed E-state index contributed by atoms with van der Waals surface area (Å²) in [6.45, 7) is 5.17. The first-order valence-corrected chi connectivity index (χ1v) is 10.9. The van der Waals surface area contributed by atoms with E-state index in [9.17, 15) is 23.1 Å². The lowest BCUT2D eigenvalue weighted by molar-refractivity contribution is -0.212. The SMILES string of the molecule is Cc1ccc(C(=O)NC2CC2)cc1-c1cnc(NC(C)(C)CO)c(-c2cnn(C(F)(F)F)c2)c1. The number of carbonyl (C=O) groups is 1. The number of carbonyl (C=O) groups excluding carboxylic acids is 1. The molecule has 7 nitrogen and oxygen atoms in total. The summed E-state index contributed by atoms with van der Waals surface area (Å²) in [6.07, 6.45) is 0.908. The van der Waals surface area contributed by atoms with Crippen LogP contribution in [0.1, 0.15) is 42.6 Å². The predicted octanol–water partition coefficient (Wildman–Crippen LogP) is 4.47. The van der Waals surface area contributed by atoms with Gasteiger partial charge >= 0.3 is 6.30 Å². The molecule has 0 atom stereocenters. The van der Waals surface area contributed by atoms with E-state index in [1.165, 1.54) is 0 Å². The number of aromatic nitrogens is 3. The summed E-state index contributed by atoms with van der Waals surface area (Å²) in [4.78, 5) is 17.0. The van der Waals surface area contributed by atoms with Crippen molar-refractivity contribution in [2.45, 2.75) is 51.5 Å². The van der Waals surface area contributed by atoms with Gasteiger partial charge in [0.25, 0.3) is 5.91 Å². The van der Waals surface area contributed by atoms with Crippen molar-refractivity contribution in [2.24, 2.45) is 0 Å². The Labute approximate surface area is 195 Å². The summed E-state index contributed by atoms with van der Waals surface area (Å²) >= 11 is 0. The predicted molar refractivity (Wildman–Crippen MR) is 122 cm³/mol. The highest BCUT2D eigenvalue weighted by molar-refractivity contribution is 5.96. The van der Waals surface area contributed by atoms with Gasteiger partial charge in [0.05, 0.1) is 18.3 Å². The lowest BCUT2D eigenvalue weighted by atomic mass is 9.96. The fourth-order valence-electron chi connectivity index (χ4n) is 3.46. The monoisotopic (exact) mass is 473 g/mol. The number of hydrogen-bond donors (Lipinski definition) is 3. The van der Waals surface area contributed by atoms with Gasteiger partial charge in [-0.05, 0) is 62.9 Å². The van der Waals surface area contributed by atoms with E-state index in [0.29, 0.717) is 22.5 Å². The third-order valence-corrected chi connectivity index (χ3v) is 5.62. The van der Waals surface area contributed by atoms with E-state index in [-0.39, 0.29) is 28.8 Å². The number of aryl methyl sites for hydroxylation is 1. The van der Waals surface area contributed by atoms with Crippen LogP contribution in [0.15, 0.2) is 42.9 Å². The van der Waals surface area contributed by atoms with Crippen LogP contribution >= 0.6 is 0 Å². The van der Waals surface area contributed by atoms with Crippen molar-refractivity contribution in [3.63, 3.8) is 0 Å². The number of benzene rings is 1. The molecule has 0 aliphatic heterocycles. The van der Waals surface area contributed by atoms with Crippen LogP contribution in [0, 0.1) is 6.92 Å². The summed E-state index contributed by atoms with van der Waals surface area (Å²) in [5.74, 6) is 0.149. The van der Waals surface area contributed by atoms with E-state index in [4.69, 9.17) is 0 Å². The largest absolute Gasteiger partial charge is 0.504 e. The molecule has 10 heteroatoms. The molecule has 34 heavy (non-hydrogen) atoms. The molecule has 0 bridgehead atoms. The maximum Gasteiger partial charge on any atom is 0.504 e. The zero-order chi connectivity index (χ0) is 24.7. The molecule has 3 aromatic rings. The molecule has 2 aromatic heterocycles. The third-order valence-electron chi connectivity index (χ3n) is 5.62. The molecule has 3 N–H and O–H groups in total. The van der Waals surface area contributed by atoms with Crippen molar-refractivity contribution in [1.29, 1.82) is 0 Å². The number of aliphatic hydroxyl groups is 1. The Morgan fingerprint density at radius 3 is 2.50 bits per heavy atom. The molecule has 1 aromatic carbocycles. The molecule has 180 valence electrons. The Balaban J connectivity index is 1.78. The van der Waals surface area contributed by atoms with Gasteiger partial charge < -0.3 is 15.7 Å². The first kappa shape index (κ1) is 23.7. The fraction of sp³-hybridized carbons (Fsp3) is 0.375. The van der Waals surface area contributed by atoms with Gasteiger partial charge in [-0.2, -0.15) is 9.78 Å². The van der Waals surface area contributed by atoms with Gasteiger partial charge in [-0.1, -0.05) is 6.07 Å². The van der Waals surface area contributed by atoms with Gasteiger partial charge in [0.2, 0.25) is 0 Å². The molecule has 1 saturated carbocycles. The van der Waals surface area contributed by atoms with E-state index in [0.717, 1.165) is 36.4 Å². The smallest absolute Gasteiger partial charge is 0.394 e. The first-order valence-electron chi connectivity index (χ1n) is 10.9. The topological polar surface area (TPSA) is 92.1 Å².